The van der Waals surface area contributed by atoms with Crippen LogP contribution in [0.2, 0.25) is 0 Å². The third kappa shape index (κ3) is 1.79. The number of Topliss-reactive ketones (excluding diaryl/α,β-unsaturated/α-hetero) is 1. The van der Waals surface area contributed by atoms with Gasteiger partial charge >= 0.3 is 0 Å². The monoisotopic (exact) mass is 273 g/mol. The molecule has 0 radical (unpaired) electrons. The summed E-state index contributed by atoms with van der Waals surface area (Å²) in [5.41, 5.74) is 0.602. The molecule has 2 aliphatic heterocycles. The minimum Gasteiger partial charge on any atom is -0.356 e. The number of carbonyl (C=O) groups is 2. The van der Waals surface area contributed by atoms with Crippen LogP contribution in [0.5, 0.6) is 0 Å². The highest BCUT2D eigenvalue weighted by Crippen LogP contribution is 2.47. The number of rotatable bonds is 2. The van der Waals surface area contributed by atoms with Crippen LogP contribution < -0.4 is 4.90 Å². The van der Waals surface area contributed by atoms with Gasteiger partial charge in [-0.2, -0.15) is 0 Å². The van der Waals surface area contributed by atoms with Crippen molar-refractivity contribution < 1.29 is 14.3 Å². The zero-order chi connectivity index (χ0) is 14.3. The lowest BCUT2D eigenvalue weighted by Gasteiger charge is -2.36. The molecule has 1 fully saturated rings. The summed E-state index contributed by atoms with van der Waals surface area (Å²) in [7, 11) is 1.74. The fourth-order valence-electron chi connectivity index (χ4n) is 3.34. The van der Waals surface area contributed by atoms with E-state index < -0.39 is 5.60 Å². The number of anilines is 1. The molecule has 2 heterocycles. The van der Waals surface area contributed by atoms with E-state index >= 15 is 0 Å². The van der Waals surface area contributed by atoms with Crippen LogP contribution in [0.25, 0.3) is 0 Å². The van der Waals surface area contributed by atoms with E-state index in [2.05, 4.69) is 6.92 Å². The first-order valence-corrected chi connectivity index (χ1v) is 7.15. The second-order valence-corrected chi connectivity index (χ2v) is 5.66. The van der Waals surface area contributed by atoms with Crippen molar-refractivity contribution in [3.05, 3.63) is 29.8 Å². The van der Waals surface area contributed by atoms with Gasteiger partial charge in [-0.25, -0.2) is 0 Å². The highest BCUT2D eigenvalue weighted by atomic mass is 16.5. The lowest BCUT2D eigenvalue weighted by atomic mass is 9.84. The summed E-state index contributed by atoms with van der Waals surface area (Å²) in [5, 5.41) is 0. The SMILES string of the molecule is CCC[C@@H]1CC(=O)C[C@]2(O1)C(=O)N(C)c1ccccc12. The molecule has 1 saturated heterocycles. The molecule has 0 N–H and O–H groups in total. The highest BCUT2D eigenvalue weighted by molar-refractivity contribution is 6.09. The van der Waals surface area contributed by atoms with Crippen molar-refractivity contribution in [1.29, 1.82) is 0 Å². The van der Waals surface area contributed by atoms with Crippen molar-refractivity contribution in [1.82, 2.24) is 0 Å². The molecule has 4 heteroatoms. The van der Waals surface area contributed by atoms with Gasteiger partial charge in [-0.3, -0.25) is 9.59 Å². The molecule has 1 aromatic carbocycles. The maximum Gasteiger partial charge on any atom is 0.264 e. The van der Waals surface area contributed by atoms with Gasteiger partial charge in [0.05, 0.1) is 11.8 Å². The first-order valence-electron chi connectivity index (χ1n) is 7.15. The first-order chi connectivity index (χ1) is 9.58. The van der Waals surface area contributed by atoms with Crippen LogP contribution in [0, 0.1) is 0 Å². The summed E-state index contributed by atoms with van der Waals surface area (Å²) in [6.45, 7) is 2.06. The third-order valence-electron chi connectivity index (χ3n) is 4.23. The molecule has 1 spiro atoms. The Balaban J connectivity index is 2.06. The van der Waals surface area contributed by atoms with E-state index in [1.807, 2.05) is 24.3 Å². The van der Waals surface area contributed by atoms with Crippen molar-refractivity contribution in [2.24, 2.45) is 0 Å². The topological polar surface area (TPSA) is 46.6 Å². The van der Waals surface area contributed by atoms with Crippen molar-refractivity contribution in [3.8, 4) is 0 Å². The molecule has 2 aliphatic rings. The number of hydrogen-bond donors (Lipinski definition) is 0. The Bertz CT molecular complexity index is 569. The van der Waals surface area contributed by atoms with Crippen molar-refractivity contribution in [2.45, 2.75) is 44.3 Å². The quantitative estimate of drug-likeness (QED) is 0.831. The van der Waals surface area contributed by atoms with Crippen molar-refractivity contribution in [2.75, 3.05) is 11.9 Å². The Kier molecular flexibility index (Phi) is 3.13. The number of hydrogen-bond acceptors (Lipinski definition) is 3. The number of likely N-dealkylation sites (N-methyl/N-ethyl adjacent to an activating group) is 1. The smallest absolute Gasteiger partial charge is 0.264 e. The molecule has 106 valence electrons. The second kappa shape index (κ2) is 4.70. The average Bonchev–Trinajstić information content (AvgIpc) is 2.62. The fraction of sp³-hybridized carbons (Fsp3) is 0.500. The molecule has 1 amide bonds. The Hall–Kier alpha value is -1.68. The number of fused-ring (bicyclic) bond motifs is 2. The summed E-state index contributed by atoms with van der Waals surface area (Å²) in [4.78, 5) is 26.4. The Labute approximate surface area is 118 Å². The molecule has 1 aromatic rings. The van der Waals surface area contributed by atoms with Crippen LogP contribution in [0.4, 0.5) is 5.69 Å². The number of amides is 1. The average molecular weight is 273 g/mol. The Morgan fingerprint density at radius 3 is 2.85 bits per heavy atom. The van der Waals surface area contributed by atoms with Gasteiger partial charge in [-0.15, -0.1) is 0 Å². The van der Waals surface area contributed by atoms with Gasteiger partial charge in [0.1, 0.15) is 5.78 Å². The predicted octanol–water partition coefficient (Wildman–Crippen LogP) is 2.41. The normalized spacial score (nSPS) is 29.1. The summed E-state index contributed by atoms with van der Waals surface area (Å²) in [6, 6.07) is 7.59. The first kappa shape index (κ1) is 13.3. The van der Waals surface area contributed by atoms with Crippen molar-refractivity contribution in [3.63, 3.8) is 0 Å². The standard InChI is InChI=1S/C16H19NO3/c1-3-6-12-9-11(18)10-16(20-12)13-7-4-5-8-14(13)17(2)15(16)19/h4-5,7-8,12H,3,6,9-10H2,1-2H3/t12-,16-/m1/s1. The zero-order valence-electron chi connectivity index (χ0n) is 11.9. The van der Waals surface area contributed by atoms with E-state index in [0.717, 1.165) is 24.1 Å². The van der Waals surface area contributed by atoms with E-state index in [1.54, 1.807) is 11.9 Å². The van der Waals surface area contributed by atoms with Gasteiger partial charge in [0.25, 0.3) is 5.91 Å². The van der Waals surface area contributed by atoms with Crippen LogP contribution in [0.1, 0.15) is 38.2 Å². The Morgan fingerprint density at radius 1 is 1.35 bits per heavy atom. The van der Waals surface area contributed by atoms with E-state index in [0.29, 0.717) is 6.42 Å². The molecular weight excluding hydrogens is 254 g/mol. The van der Waals surface area contributed by atoms with Crippen LogP contribution in [-0.2, 0) is 19.9 Å². The predicted molar refractivity (Wildman–Crippen MR) is 75.6 cm³/mol. The molecule has 0 saturated carbocycles. The van der Waals surface area contributed by atoms with E-state index in [-0.39, 0.29) is 24.2 Å². The van der Waals surface area contributed by atoms with Gasteiger partial charge in [-0.05, 0) is 12.5 Å². The summed E-state index contributed by atoms with van der Waals surface area (Å²) < 4.78 is 6.14. The van der Waals surface area contributed by atoms with Gasteiger partial charge in [0.2, 0.25) is 0 Å². The fourth-order valence-corrected chi connectivity index (χ4v) is 3.34. The van der Waals surface area contributed by atoms with Gasteiger partial charge in [0, 0.05) is 25.5 Å². The van der Waals surface area contributed by atoms with Gasteiger partial charge < -0.3 is 9.64 Å². The van der Waals surface area contributed by atoms with Crippen LogP contribution in [0.3, 0.4) is 0 Å². The molecule has 3 rings (SSSR count). The molecule has 0 bridgehead atoms. The van der Waals surface area contributed by atoms with Gasteiger partial charge in [-0.1, -0.05) is 31.5 Å². The molecule has 0 aliphatic carbocycles. The van der Waals surface area contributed by atoms with Gasteiger partial charge in [0.15, 0.2) is 5.60 Å². The maximum absolute atomic E-state index is 12.7. The number of nitrogens with zero attached hydrogens (tertiary/aromatic N) is 1. The van der Waals surface area contributed by atoms with Crippen molar-refractivity contribution >= 4 is 17.4 Å². The molecule has 20 heavy (non-hydrogen) atoms. The highest BCUT2D eigenvalue weighted by Gasteiger charge is 2.55. The summed E-state index contributed by atoms with van der Waals surface area (Å²) in [5.74, 6) is 0.000932. The lowest BCUT2D eigenvalue weighted by molar-refractivity contribution is -0.171. The van der Waals surface area contributed by atoms with Crippen LogP contribution in [0.15, 0.2) is 24.3 Å². The molecule has 0 aromatic heterocycles. The minimum absolute atomic E-state index is 0.118. The number of ether oxygens (including phenoxy) is 1. The van der Waals surface area contributed by atoms with Crippen LogP contribution in [-0.4, -0.2) is 24.8 Å². The number of carbonyl (C=O) groups excluding carboxylic acids is 2. The lowest BCUT2D eigenvalue weighted by Crippen LogP contribution is -2.48. The molecular formula is C16H19NO3. The summed E-state index contributed by atoms with van der Waals surface area (Å²) >= 11 is 0. The second-order valence-electron chi connectivity index (χ2n) is 5.66. The Morgan fingerprint density at radius 2 is 2.10 bits per heavy atom. The van der Waals surface area contributed by atoms with Crippen LogP contribution >= 0.6 is 0 Å². The molecule has 4 nitrogen and oxygen atoms in total. The largest absolute Gasteiger partial charge is 0.356 e. The van der Waals surface area contributed by atoms with E-state index in [1.165, 1.54) is 0 Å². The van der Waals surface area contributed by atoms with E-state index in [9.17, 15) is 9.59 Å². The molecule has 0 unspecified atom stereocenters. The third-order valence-corrected chi connectivity index (χ3v) is 4.23. The summed E-state index contributed by atoms with van der Waals surface area (Å²) in [6.07, 6.45) is 2.19. The zero-order valence-corrected chi connectivity index (χ0v) is 11.9. The number of ketones is 1. The van der Waals surface area contributed by atoms with E-state index in [4.69, 9.17) is 4.74 Å². The number of para-hydroxylation sites is 1. The molecule has 2 atom stereocenters. The minimum atomic E-state index is -1.08. The maximum atomic E-state index is 12.7. The number of benzene rings is 1.